The molecule has 114 valence electrons. The molecule has 0 saturated heterocycles. The minimum Gasteiger partial charge on any atom is -0.355 e. The van der Waals surface area contributed by atoms with Crippen LogP contribution in [0.5, 0.6) is 0 Å². The molecule has 0 fully saturated rings. The first-order chi connectivity index (χ1) is 11.3. The highest BCUT2D eigenvalue weighted by Crippen LogP contribution is 2.28. The minimum absolute atomic E-state index is 0.181. The molecule has 4 rings (SSSR count). The van der Waals surface area contributed by atoms with Crippen molar-refractivity contribution in [1.29, 1.82) is 0 Å². The molecule has 0 aliphatic heterocycles. The maximum absolute atomic E-state index is 4.62. The number of nitrogens with zero attached hydrogens (tertiary/aromatic N) is 4. The van der Waals surface area contributed by atoms with Gasteiger partial charge in [0.2, 0.25) is 0 Å². The maximum atomic E-state index is 4.62. The maximum Gasteiger partial charge on any atom is 0.184 e. The average molecular weight is 321 g/mol. The Balaban J connectivity index is 1.53. The van der Waals surface area contributed by atoms with Gasteiger partial charge in [0.1, 0.15) is 12.7 Å². The standard InChI is InChI=1S/C17H15N5S/c1-12(20-17-21-15-4-2-3-5-16(15)23-17)13-6-8-14(9-7-13)22-11-18-10-19-22/h2-12H,1H3,(H,20,21). The van der Waals surface area contributed by atoms with E-state index in [1.54, 1.807) is 22.3 Å². The second kappa shape index (κ2) is 5.81. The van der Waals surface area contributed by atoms with E-state index in [1.165, 1.54) is 16.6 Å². The third kappa shape index (κ3) is 2.80. The summed E-state index contributed by atoms with van der Waals surface area (Å²) in [5.41, 5.74) is 3.24. The Morgan fingerprint density at radius 1 is 1.09 bits per heavy atom. The topological polar surface area (TPSA) is 55.6 Å². The Bertz CT molecular complexity index is 879. The minimum atomic E-state index is 0.181. The summed E-state index contributed by atoms with van der Waals surface area (Å²) in [4.78, 5) is 8.59. The van der Waals surface area contributed by atoms with Gasteiger partial charge in [0, 0.05) is 0 Å². The molecule has 0 bridgehead atoms. The Kier molecular flexibility index (Phi) is 3.51. The number of benzene rings is 2. The molecule has 4 aromatic rings. The van der Waals surface area contributed by atoms with Crippen LogP contribution in [0.25, 0.3) is 15.9 Å². The average Bonchev–Trinajstić information content (AvgIpc) is 3.24. The van der Waals surface area contributed by atoms with Gasteiger partial charge in [-0.15, -0.1) is 0 Å². The van der Waals surface area contributed by atoms with E-state index in [0.29, 0.717) is 0 Å². The van der Waals surface area contributed by atoms with Crippen molar-refractivity contribution in [2.24, 2.45) is 0 Å². The molecule has 2 heterocycles. The zero-order valence-electron chi connectivity index (χ0n) is 12.5. The van der Waals surface area contributed by atoms with Crippen LogP contribution < -0.4 is 5.32 Å². The fraction of sp³-hybridized carbons (Fsp3) is 0.118. The van der Waals surface area contributed by atoms with Crippen LogP contribution in [0.15, 0.2) is 61.2 Å². The number of hydrogen-bond acceptors (Lipinski definition) is 5. The van der Waals surface area contributed by atoms with Crippen molar-refractivity contribution >= 4 is 26.7 Å². The highest BCUT2D eigenvalue weighted by Gasteiger charge is 2.09. The summed E-state index contributed by atoms with van der Waals surface area (Å²) in [6.07, 6.45) is 3.23. The van der Waals surface area contributed by atoms with Crippen LogP contribution >= 0.6 is 11.3 Å². The lowest BCUT2D eigenvalue weighted by atomic mass is 10.1. The summed E-state index contributed by atoms with van der Waals surface area (Å²) in [5, 5.41) is 8.55. The third-order valence-electron chi connectivity index (χ3n) is 3.71. The monoisotopic (exact) mass is 321 g/mol. The van der Waals surface area contributed by atoms with Crippen molar-refractivity contribution < 1.29 is 0 Å². The zero-order valence-corrected chi connectivity index (χ0v) is 13.4. The van der Waals surface area contributed by atoms with Crippen molar-refractivity contribution in [3.8, 4) is 5.69 Å². The van der Waals surface area contributed by atoms with Gasteiger partial charge in [0.05, 0.1) is 21.9 Å². The van der Waals surface area contributed by atoms with E-state index in [2.05, 4.69) is 45.5 Å². The number of hydrogen-bond donors (Lipinski definition) is 1. The van der Waals surface area contributed by atoms with Crippen molar-refractivity contribution in [2.75, 3.05) is 5.32 Å². The third-order valence-corrected chi connectivity index (χ3v) is 4.68. The number of para-hydroxylation sites is 1. The van der Waals surface area contributed by atoms with Crippen LogP contribution in [-0.4, -0.2) is 19.7 Å². The summed E-state index contributed by atoms with van der Waals surface area (Å²) in [7, 11) is 0. The molecule has 1 unspecified atom stereocenters. The first kappa shape index (κ1) is 13.9. The van der Waals surface area contributed by atoms with E-state index in [-0.39, 0.29) is 6.04 Å². The van der Waals surface area contributed by atoms with E-state index in [1.807, 2.05) is 30.3 Å². The number of rotatable bonds is 4. The fourth-order valence-corrected chi connectivity index (χ4v) is 3.41. The van der Waals surface area contributed by atoms with Crippen molar-refractivity contribution in [3.05, 3.63) is 66.7 Å². The van der Waals surface area contributed by atoms with Gasteiger partial charge in [0.15, 0.2) is 5.13 Å². The quantitative estimate of drug-likeness (QED) is 0.616. The van der Waals surface area contributed by atoms with E-state index >= 15 is 0 Å². The fourth-order valence-electron chi connectivity index (χ4n) is 2.46. The largest absolute Gasteiger partial charge is 0.355 e. The van der Waals surface area contributed by atoms with E-state index in [4.69, 9.17) is 0 Å². The Morgan fingerprint density at radius 2 is 1.91 bits per heavy atom. The summed E-state index contributed by atoms with van der Waals surface area (Å²) in [5.74, 6) is 0. The van der Waals surface area contributed by atoms with Gasteiger partial charge in [-0.25, -0.2) is 14.6 Å². The number of thiazole rings is 1. The van der Waals surface area contributed by atoms with Gasteiger partial charge < -0.3 is 5.32 Å². The lowest BCUT2D eigenvalue weighted by Crippen LogP contribution is -2.06. The second-order valence-electron chi connectivity index (χ2n) is 5.28. The zero-order chi connectivity index (χ0) is 15.6. The van der Waals surface area contributed by atoms with Gasteiger partial charge in [-0.1, -0.05) is 35.6 Å². The molecule has 0 aliphatic rings. The highest BCUT2D eigenvalue weighted by molar-refractivity contribution is 7.22. The van der Waals surface area contributed by atoms with Gasteiger partial charge in [-0.3, -0.25) is 0 Å². The highest BCUT2D eigenvalue weighted by atomic mass is 32.1. The SMILES string of the molecule is CC(Nc1nc2ccccc2s1)c1ccc(-n2cncn2)cc1. The van der Waals surface area contributed by atoms with Crippen LogP contribution in [0, 0.1) is 0 Å². The summed E-state index contributed by atoms with van der Waals surface area (Å²) in [6.45, 7) is 2.14. The first-order valence-corrected chi connectivity index (χ1v) is 8.18. The van der Waals surface area contributed by atoms with Crippen LogP contribution in [0.4, 0.5) is 5.13 Å². The molecule has 23 heavy (non-hydrogen) atoms. The van der Waals surface area contributed by atoms with Gasteiger partial charge in [0.25, 0.3) is 0 Å². The molecule has 0 spiro atoms. The van der Waals surface area contributed by atoms with Crippen molar-refractivity contribution in [3.63, 3.8) is 0 Å². The molecular weight excluding hydrogens is 306 g/mol. The Labute approximate surface area is 137 Å². The smallest absolute Gasteiger partial charge is 0.184 e. The van der Waals surface area contributed by atoms with Crippen LogP contribution in [0.3, 0.4) is 0 Å². The molecule has 6 heteroatoms. The van der Waals surface area contributed by atoms with Crippen molar-refractivity contribution in [2.45, 2.75) is 13.0 Å². The predicted molar refractivity (Wildman–Crippen MR) is 93.0 cm³/mol. The number of nitrogens with one attached hydrogen (secondary N) is 1. The van der Waals surface area contributed by atoms with Crippen molar-refractivity contribution in [1.82, 2.24) is 19.7 Å². The molecule has 0 radical (unpaired) electrons. The molecule has 2 aromatic heterocycles. The number of fused-ring (bicyclic) bond motifs is 1. The molecule has 0 saturated carbocycles. The molecule has 2 aromatic carbocycles. The lowest BCUT2D eigenvalue weighted by Gasteiger charge is -2.13. The normalized spacial score (nSPS) is 12.4. The number of anilines is 1. The van der Waals surface area contributed by atoms with Crippen LogP contribution in [-0.2, 0) is 0 Å². The van der Waals surface area contributed by atoms with E-state index < -0.39 is 0 Å². The van der Waals surface area contributed by atoms with Gasteiger partial charge in [-0.2, -0.15) is 5.10 Å². The molecule has 0 amide bonds. The van der Waals surface area contributed by atoms with E-state index in [0.717, 1.165) is 16.3 Å². The molecule has 1 atom stereocenters. The second-order valence-corrected chi connectivity index (χ2v) is 6.32. The Hall–Kier alpha value is -2.73. The summed E-state index contributed by atoms with van der Waals surface area (Å²) in [6, 6.07) is 16.6. The molecule has 0 aliphatic carbocycles. The summed E-state index contributed by atoms with van der Waals surface area (Å²) >= 11 is 1.68. The van der Waals surface area contributed by atoms with E-state index in [9.17, 15) is 0 Å². The molecule has 5 nitrogen and oxygen atoms in total. The van der Waals surface area contributed by atoms with Gasteiger partial charge >= 0.3 is 0 Å². The first-order valence-electron chi connectivity index (χ1n) is 7.37. The molecular formula is C17H15N5S. The van der Waals surface area contributed by atoms with Gasteiger partial charge in [-0.05, 0) is 36.8 Å². The predicted octanol–water partition coefficient (Wildman–Crippen LogP) is 4.05. The molecule has 1 N–H and O–H groups in total. The van der Waals surface area contributed by atoms with Crippen LogP contribution in [0.1, 0.15) is 18.5 Å². The lowest BCUT2D eigenvalue weighted by molar-refractivity contribution is 0.862. The summed E-state index contributed by atoms with van der Waals surface area (Å²) < 4.78 is 2.94. The number of aromatic nitrogens is 4. The van der Waals surface area contributed by atoms with Crippen LogP contribution in [0.2, 0.25) is 0 Å². The Morgan fingerprint density at radius 3 is 2.65 bits per heavy atom.